The average Bonchev–Trinajstić information content (AvgIpc) is 2.71. The highest BCUT2D eigenvalue weighted by atomic mass is 79.9. The van der Waals surface area contributed by atoms with E-state index in [2.05, 4.69) is 22.5 Å². The number of halogens is 1. The van der Waals surface area contributed by atoms with Crippen LogP contribution in [0.15, 0.2) is 105 Å². The standard InChI is InChI=1S/C22H19BrO4S2/c1-2-3-15-26-18-10-12-20(13-11-18)28-21-14-9-17(23)16-22(21)29(24,25)27-19-7-5-4-6-8-19/h2,4-14,16H,1,3,15H2. The molecule has 3 rings (SSSR count). The van der Waals surface area contributed by atoms with Gasteiger partial charge in [0.1, 0.15) is 16.4 Å². The number of hydrogen-bond donors (Lipinski definition) is 0. The highest BCUT2D eigenvalue weighted by Crippen LogP contribution is 2.36. The largest absolute Gasteiger partial charge is 0.493 e. The molecule has 0 unspecified atom stereocenters. The van der Waals surface area contributed by atoms with Gasteiger partial charge in [0.15, 0.2) is 0 Å². The first-order valence-electron chi connectivity index (χ1n) is 8.78. The van der Waals surface area contributed by atoms with Crippen LogP contribution in [0.4, 0.5) is 0 Å². The molecule has 29 heavy (non-hydrogen) atoms. The predicted molar refractivity (Wildman–Crippen MR) is 119 cm³/mol. The summed E-state index contributed by atoms with van der Waals surface area (Å²) in [4.78, 5) is 1.57. The third-order valence-electron chi connectivity index (χ3n) is 3.77. The van der Waals surface area contributed by atoms with E-state index in [1.807, 2.05) is 24.3 Å². The Bertz CT molecular complexity index is 1070. The zero-order valence-electron chi connectivity index (χ0n) is 15.5. The molecular formula is C22H19BrO4S2. The lowest BCUT2D eigenvalue weighted by Crippen LogP contribution is -2.11. The van der Waals surface area contributed by atoms with Crippen molar-refractivity contribution in [3.05, 3.63) is 89.9 Å². The Labute approximate surface area is 183 Å². The fourth-order valence-electron chi connectivity index (χ4n) is 2.40. The van der Waals surface area contributed by atoms with Crippen LogP contribution in [-0.4, -0.2) is 15.0 Å². The van der Waals surface area contributed by atoms with Gasteiger partial charge < -0.3 is 8.92 Å². The van der Waals surface area contributed by atoms with Crippen LogP contribution in [0.3, 0.4) is 0 Å². The van der Waals surface area contributed by atoms with Gasteiger partial charge in [0, 0.05) is 14.3 Å². The van der Waals surface area contributed by atoms with Crippen molar-refractivity contribution >= 4 is 37.8 Å². The first kappa shape index (κ1) is 21.5. The van der Waals surface area contributed by atoms with Crippen molar-refractivity contribution in [2.45, 2.75) is 21.1 Å². The van der Waals surface area contributed by atoms with Crippen molar-refractivity contribution in [2.24, 2.45) is 0 Å². The van der Waals surface area contributed by atoms with Crippen LogP contribution in [0.25, 0.3) is 0 Å². The molecule has 0 spiro atoms. The second kappa shape index (κ2) is 10.0. The van der Waals surface area contributed by atoms with Crippen LogP contribution in [-0.2, 0) is 10.1 Å². The van der Waals surface area contributed by atoms with E-state index in [9.17, 15) is 8.42 Å². The van der Waals surface area contributed by atoms with Gasteiger partial charge >= 0.3 is 10.1 Å². The van der Waals surface area contributed by atoms with Gasteiger partial charge in [-0.05, 0) is 61.0 Å². The summed E-state index contributed by atoms with van der Waals surface area (Å²) in [7, 11) is -3.99. The van der Waals surface area contributed by atoms with E-state index in [0.29, 0.717) is 16.0 Å². The lowest BCUT2D eigenvalue weighted by Gasteiger charge is -2.12. The molecule has 0 aliphatic heterocycles. The molecule has 3 aromatic carbocycles. The van der Waals surface area contributed by atoms with Gasteiger partial charge in [0.2, 0.25) is 0 Å². The summed E-state index contributed by atoms with van der Waals surface area (Å²) in [6.07, 6.45) is 2.58. The van der Waals surface area contributed by atoms with Crippen LogP contribution in [0.5, 0.6) is 11.5 Å². The maximum atomic E-state index is 12.9. The first-order valence-corrected chi connectivity index (χ1v) is 11.8. The summed E-state index contributed by atoms with van der Waals surface area (Å²) in [5.74, 6) is 1.02. The lowest BCUT2D eigenvalue weighted by molar-refractivity contribution is 0.325. The maximum absolute atomic E-state index is 12.9. The van der Waals surface area contributed by atoms with Crippen LogP contribution >= 0.6 is 27.7 Å². The summed E-state index contributed by atoms with van der Waals surface area (Å²) < 4.78 is 37.3. The Morgan fingerprint density at radius 1 is 0.966 bits per heavy atom. The molecule has 0 radical (unpaired) electrons. The second-order valence-corrected chi connectivity index (χ2v) is 9.49. The maximum Gasteiger partial charge on any atom is 0.340 e. The van der Waals surface area contributed by atoms with Crippen molar-refractivity contribution in [3.8, 4) is 11.5 Å². The quantitative estimate of drug-likeness (QED) is 0.199. The van der Waals surface area contributed by atoms with E-state index in [-0.39, 0.29) is 10.6 Å². The molecule has 7 heteroatoms. The number of para-hydroxylation sites is 1. The van der Waals surface area contributed by atoms with Gasteiger partial charge in [-0.1, -0.05) is 52.0 Å². The van der Waals surface area contributed by atoms with Crippen LogP contribution in [0.2, 0.25) is 0 Å². The molecular weight excluding hydrogens is 472 g/mol. The van der Waals surface area contributed by atoms with Crippen LogP contribution < -0.4 is 8.92 Å². The van der Waals surface area contributed by atoms with Gasteiger partial charge in [-0.2, -0.15) is 8.42 Å². The monoisotopic (exact) mass is 490 g/mol. The van der Waals surface area contributed by atoms with E-state index in [4.69, 9.17) is 8.92 Å². The van der Waals surface area contributed by atoms with Crippen molar-refractivity contribution in [3.63, 3.8) is 0 Å². The number of hydrogen-bond acceptors (Lipinski definition) is 5. The highest BCUT2D eigenvalue weighted by molar-refractivity contribution is 9.10. The van der Waals surface area contributed by atoms with Gasteiger partial charge in [0.05, 0.1) is 6.61 Å². The molecule has 0 bridgehead atoms. The smallest absolute Gasteiger partial charge is 0.340 e. The summed E-state index contributed by atoms with van der Waals surface area (Å²) in [5, 5.41) is 0. The molecule has 0 fully saturated rings. The molecule has 0 amide bonds. The van der Waals surface area contributed by atoms with E-state index >= 15 is 0 Å². The minimum absolute atomic E-state index is 0.104. The van der Waals surface area contributed by atoms with Gasteiger partial charge in [-0.25, -0.2) is 0 Å². The van der Waals surface area contributed by atoms with Crippen molar-refractivity contribution in [1.29, 1.82) is 0 Å². The third kappa shape index (κ3) is 6.13. The summed E-state index contributed by atoms with van der Waals surface area (Å²) in [5.41, 5.74) is 0. The molecule has 0 aliphatic rings. The minimum Gasteiger partial charge on any atom is -0.493 e. The minimum atomic E-state index is -3.99. The van der Waals surface area contributed by atoms with Crippen LogP contribution in [0, 0.1) is 0 Å². The van der Waals surface area contributed by atoms with Crippen molar-refractivity contribution in [1.82, 2.24) is 0 Å². The topological polar surface area (TPSA) is 52.6 Å². The molecule has 0 heterocycles. The van der Waals surface area contributed by atoms with Gasteiger partial charge in [0.25, 0.3) is 0 Å². The summed E-state index contributed by atoms with van der Waals surface area (Å²) in [6, 6.07) is 21.1. The molecule has 0 saturated carbocycles. The first-order chi connectivity index (χ1) is 14.0. The van der Waals surface area contributed by atoms with E-state index in [1.165, 1.54) is 11.8 Å². The average molecular weight is 491 g/mol. The highest BCUT2D eigenvalue weighted by Gasteiger charge is 2.22. The fourth-order valence-corrected chi connectivity index (χ4v) is 5.21. The van der Waals surface area contributed by atoms with Crippen molar-refractivity contribution < 1.29 is 17.3 Å². The summed E-state index contributed by atoms with van der Waals surface area (Å²) in [6.45, 7) is 4.24. The van der Waals surface area contributed by atoms with Crippen LogP contribution in [0.1, 0.15) is 6.42 Å². The number of benzene rings is 3. The molecule has 150 valence electrons. The number of rotatable bonds is 9. The van der Waals surface area contributed by atoms with E-state index < -0.39 is 10.1 Å². The Balaban J connectivity index is 1.82. The van der Waals surface area contributed by atoms with E-state index in [1.54, 1.807) is 54.6 Å². The molecule has 0 N–H and O–H groups in total. The Morgan fingerprint density at radius 3 is 2.38 bits per heavy atom. The van der Waals surface area contributed by atoms with E-state index in [0.717, 1.165) is 17.1 Å². The normalized spacial score (nSPS) is 11.1. The Hall–Kier alpha value is -2.22. The van der Waals surface area contributed by atoms with Crippen molar-refractivity contribution in [2.75, 3.05) is 6.61 Å². The Morgan fingerprint density at radius 2 is 1.69 bits per heavy atom. The molecule has 0 aromatic heterocycles. The number of ether oxygens (including phenoxy) is 1. The zero-order chi connectivity index (χ0) is 20.7. The predicted octanol–water partition coefficient (Wildman–Crippen LogP) is 6.32. The molecule has 0 aliphatic carbocycles. The molecule has 0 atom stereocenters. The SMILES string of the molecule is C=CCCOc1ccc(Sc2ccc(Br)cc2S(=O)(=O)Oc2ccccc2)cc1. The van der Waals surface area contributed by atoms with Gasteiger partial charge in [-0.3, -0.25) is 0 Å². The van der Waals surface area contributed by atoms with Gasteiger partial charge in [-0.15, -0.1) is 6.58 Å². The molecule has 4 nitrogen and oxygen atoms in total. The lowest BCUT2D eigenvalue weighted by atomic mass is 10.3. The summed E-state index contributed by atoms with van der Waals surface area (Å²) >= 11 is 4.69. The molecule has 0 saturated heterocycles. The Kier molecular flexibility index (Phi) is 7.41. The third-order valence-corrected chi connectivity index (χ3v) is 6.76. The zero-order valence-corrected chi connectivity index (χ0v) is 18.7. The molecule has 3 aromatic rings. The fraction of sp³-hybridized carbons (Fsp3) is 0.0909. The second-order valence-electron chi connectivity index (χ2n) is 5.94.